The summed E-state index contributed by atoms with van der Waals surface area (Å²) in [6, 6.07) is 5.36. The molecule has 0 amide bonds. The first kappa shape index (κ1) is 10.3. The van der Waals surface area contributed by atoms with Crippen LogP contribution >= 0.6 is 11.6 Å². The highest BCUT2D eigenvalue weighted by atomic mass is 35.5. The summed E-state index contributed by atoms with van der Waals surface area (Å²) in [6.45, 7) is 0. The zero-order valence-corrected chi connectivity index (χ0v) is 8.43. The van der Waals surface area contributed by atoms with Crippen molar-refractivity contribution in [3.63, 3.8) is 0 Å². The summed E-state index contributed by atoms with van der Waals surface area (Å²) in [7, 11) is 3.39. The fraction of sp³-hybridized carbons (Fsp3) is 0.333. The van der Waals surface area contributed by atoms with Crippen LogP contribution in [0.15, 0.2) is 18.2 Å². The Labute approximate surface area is 82.8 Å². The van der Waals surface area contributed by atoms with Gasteiger partial charge in [-0.2, -0.15) is 0 Å². The molecule has 3 nitrogen and oxygen atoms in total. The van der Waals surface area contributed by atoms with Gasteiger partial charge in [-0.3, -0.25) is 0 Å². The van der Waals surface area contributed by atoms with Crippen LogP contribution in [0.1, 0.15) is 11.7 Å². The lowest BCUT2D eigenvalue weighted by Gasteiger charge is -2.14. The maximum Gasteiger partial charge on any atom is 0.125 e. The molecule has 13 heavy (non-hydrogen) atoms. The molecule has 1 rings (SSSR count). The van der Waals surface area contributed by atoms with E-state index in [1.54, 1.807) is 32.4 Å². The van der Waals surface area contributed by atoms with E-state index in [0.717, 1.165) is 11.3 Å². The zero-order chi connectivity index (χ0) is 9.84. The highest BCUT2D eigenvalue weighted by molar-refractivity contribution is 6.30. The Bertz CT molecular complexity index is 291. The standard InChI is InChI=1S/C9H13ClN2O/c1-12-9(11)7-5-6(10)3-4-8(7)13-2/h3-5,9,12H,11H2,1-2H3. The summed E-state index contributed by atoms with van der Waals surface area (Å²) < 4.78 is 5.14. The molecule has 72 valence electrons. The summed E-state index contributed by atoms with van der Waals surface area (Å²) in [5.41, 5.74) is 6.65. The van der Waals surface area contributed by atoms with E-state index in [2.05, 4.69) is 5.32 Å². The van der Waals surface area contributed by atoms with Crippen LogP contribution in [-0.2, 0) is 0 Å². The van der Waals surface area contributed by atoms with Gasteiger partial charge >= 0.3 is 0 Å². The number of halogens is 1. The van der Waals surface area contributed by atoms with Crippen molar-refractivity contribution in [3.05, 3.63) is 28.8 Å². The predicted octanol–water partition coefficient (Wildman–Crippen LogP) is 1.53. The van der Waals surface area contributed by atoms with E-state index in [9.17, 15) is 0 Å². The molecule has 1 unspecified atom stereocenters. The van der Waals surface area contributed by atoms with Gasteiger partial charge in [0.25, 0.3) is 0 Å². The number of nitrogens with one attached hydrogen (secondary N) is 1. The van der Waals surface area contributed by atoms with Crippen LogP contribution in [0.5, 0.6) is 5.75 Å². The van der Waals surface area contributed by atoms with Gasteiger partial charge in [-0.1, -0.05) is 11.6 Å². The molecule has 0 radical (unpaired) electrons. The monoisotopic (exact) mass is 200 g/mol. The van der Waals surface area contributed by atoms with Crippen molar-refractivity contribution in [2.24, 2.45) is 5.73 Å². The summed E-state index contributed by atoms with van der Waals surface area (Å²) in [6.07, 6.45) is -0.256. The lowest BCUT2D eigenvalue weighted by Crippen LogP contribution is -2.25. The number of hydrogen-bond acceptors (Lipinski definition) is 3. The van der Waals surface area contributed by atoms with Crippen molar-refractivity contribution in [1.29, 1.82) is 0 Å². The van der Waals surface area contributed by atoms with E-state index < -0.39 is 0 Å². The number of ether oxygens (including phenoxy) is 1. The van der Waals surface area contributed by atoms with E-state index in [1.807, 2.05) is 0 Å². The number of rotatable bonds is 3. The number of methoxy groups -OCH3 is 1. The van der Waals surface area contributed by atoms with E-state index in [-0.39, 0.29) is 6.17 Å². The van der Waals surface area contributed by atoms with Gasteiger partial charge < -0.3 is 15.8 Å². The van der Waals surface area contributed by atoms with E-state index in [1.165, 1.54) is 0 Å². The van der Waals surface area contributed by atoms with Gasteiger partial charge in [0.1, 0.15) is 5.75 Å². The molecule has 0 saturated heterocycles. The molecule has 3 N–H and O–H groups in total. The number of hydrogen-bond donors (Lipinski definition) is 2. The Balaban J connectivity index is 3.07. The second-order valence-electron chi connectivity index (χ2n) is 2.65. The molecular formula is C9H13ClN2O. The minimum Gasteiger partial charge on any atom is -0.496 e. The van der Waals surface area contributed by atoms with Gasteiger partial charge in [0.05, 0.1) is 13.3 Å². The van der Waals surface area contributed by atoms with Crippen LogP contribution in [0.25, 0.3) is 0 Å². The predicted molar refractivity (Wildman–Crippen MR) is 54.0 cm³/mol. The van der Waals surface area contributed by atoms with Gasteiger partial charge in [-0.15, -0.1) is 0 Å². The second-order valence-corrected chi connectivity index (χ2v) is 3.09. The highest BCUT2D eigenvalue weighted by Crippen LogP contribution is 2.25. The van der Waals surface area contributed by atoms with Gasteiger partial charge in [0.2, 0.25) is 0 Å². The van der Waals surface area contributed by atoms with E-state index >= 15 is 0 Å². The van der Waals surface area contributed by atoms with Crippen LogP contribution < -0.4 is 15.8 Å². The average molecular weight is 201 g/mol. The Kier molecular flexibility index (Phi) is 3.54. The van der Waals surface area contributed by atoms with Crippen LogP contribution in [0.2, 0.25) is 5.02 Å². The van der Waals surface area contributed by atoms with Crippen molar-refractivity contribution < 1.29 is 4.74 Å². The first-order valence-electron chi connectivity index (χ1n) is 3.95. The van der Waals surface area contributed by atoms with Crippen molar-refractivity contribution in [3.8, 4) is 5.75 Å². The molecule has 0 aliphatic rings. The van der Waals surface area contributed by atoms with Crippen LogP contribution in [0, 0.1) is 0 Å². The second kappa shape index (κ2) is 4.46. The van der Waals surface area contributed by atoms with Crippen LogP contribution in [0.4, 0.5) is 0 Å². The fourth-order valence-corrected chi connectivity index (χ4v) is 1.28. The lowest BCUT2D eigenvalue weighted by atomic mass is 10.1. The topological polar surface area (TPSA) is 47.3 Å². The first-order valence-corrected chi connectivity index (χ1v) is 4.33. The van der Waals surface area contributed by atoms with Gasteiger partial charge in [0, 0.05) is 10.6 Å². The lowest BCUT2D eigenvalue weighted by molar-refractivity contribution is 0.402. The molecule has 0 aliphatic heterocycles. The SMILES string of the molecule is CNC(N)c1cc(Cl)ccc1OC. The third-order valence-corrected chi connectivity index (χ3v) is 2.07. The minimum absolute atomic E-state index is 0.256. The average Bonchev–Trinajstić information content (AvgIpc) is 2.16. The third kappa shape index (κ3) is 2.34. The Hall–Kier alpha value is -0.770. The number of nitrogens with two attached hydrogens (primary N) is 1. The quantitative estimate of drug-likeness (QED) is 0.728. The molecule has 0 fully saturated rings. The molecule has 1 aromatic carbocycles. The molecule has 1 aromatic rings. The van der Waals surface area contributed by atoms with Gasteiger partial charge in [0.15, 0.2) is 0 Å². The van der Waals surface area contributed by atoms with Gasteiger partial charge in [-0.25, -0.2) is 0 Å². The fourth-order valence-electron chi connectivity index (χ4n) is 1.10. The van der Waals surface area contributed by atoms with Crippen LogP contribution in [0.3, 0.4) is 0 Å². The first-order chi connectivity index (χ1) is 6.19. The summed E-state index contributed by atoms with van der Waals surface area (Å²) >= 11 is 5.84. The van der Waals surface area contributed by atoms with Crippen molar-refractivity contribution >= 4 is 11.6 Å². The summed E-state index contributed by atoms with van der Waals surface area (Å²) in [4.78, 5) is 0. The Morgan fingerprint density at radius 3 is 2.77 bits per heavy atom. The molecular weight excluding hydrogens is 188 g/mol. The van der Waals surface area contributed by atoms with Gasteiger partial charge in [-0.05, 0) is 25.2 Å². The maximum atomic E-state index is 5.84. The zero-order valence-electron chi connectivity index (χ0n) is 7.67. The smallest absolute Gasteiger partial charge is 0.125 e. The Morgan fingerprint density at radius 2 is 2.23 bits per heavy atom. The summed E-state index contributed by atoms with van der Waals surface area (Å²) in [5, 5.41) is 3.58. The Morgan fingerprint density at radius 1 is 1.54 bits per heavy atom. The van der Waals surface area contributed by atoms with E-state index in [4.69, 9.17) is 22.1 Å². The molecule has 0 spiro atoms. The largest absolute Gasteiger partial charge is 0.496 e. The normalized spacial score (nSPS) is 12.6. The molecule has 0 saturated carbocycles. The molecule has 0 bridgehead atoms. The van der Waals surface area contributed by atoms with E-state index in [0.29, 0.717) is 5.02 Å². The third-order valence-electron chi connectivity index (χ3n) is 1.84. The number of benzene rings is 1. The maximum absolute atomic E-state index is 5.84. The highest BCUT2D eigenvalue weighted by Gasteiger charge is 2.09. The van der Waals surface area contributed by atoms with Crippen molar-refractivity contribution in [1.82, 2.24) is 5.32 Å². The van der Waals surface area contributed by atoms with Crippen molar-refractivity contribution in [2.75, 3.05) is 14.2 Å². The van der Waals surface area contributed by atoms with Crippen LogP contribution in [-0.4, -0.2) is 14.2 Å². The molecule has 0 aliphatic carbocycles. The van der Waals surface area contributed by atoms with Crippen molar-refractivity contribution in [2.45, 2.75) is 6.17 Å². The molecule has 0 aromatic heterocycles. The molecule has 0 heterocycles. The molecule has 4 heteroatoms. The minimum atomic E-state index is -0.256. The molecule has 1 atom stereocenters. The summed E-state index contributed by atoms with van der Waals surface area (Å²) in [5.74, 6) is 0.742.